The molecule has 2 aliphatic rings. The Morgan fingerprint density at radius 2 is 1.90 bits per heavy atom. The zero-order valence-electron chi connectivity index (χ0n) is 22.5. The standard InChI is InChI=1S/C28H33N7O5/c1-17-6-10-21(11-7-17)40-28(38)34-14-12-19(13-15-34)4-3-5-22-32-24(29)23-25(33-22)35(16-30-23)18(2)39-27(37)26(36)31-20-8-9-20/h6-7,10-11,16,18-20,27,37H,4,8-9,12-15H2,1-2H3,(H,31,36)(H2,29,32,33)/t18-,27?/m1/s1. The molecule has 2 amide bonds. The summed E-state index contributed by atoms with van der Waals surface area (Å²) in [5, 5.41) is 12.8. The lowest BCUT2D eigenvalue weighted by molar-refractivity contribution is -0.177. The van der Waals surface area contributed by atoms with Crippen molar-refractivity contribution in [2.75, 3.05) is 18.8 Å². The van der Waals surface area contributed by atoms with Gasteiger partial charge in [0.2, 0.25) is 12.1 Å². The Morgan fingerprint density at radius 1 is 1.18 bits per heavy atom. The quantitative estimate of drug-likeness (QED) is 0.298. The van der Waals surface area contributed by atoms with Gasteiger partial charge in [0.25, 0.3) is 5.91 Å². The number of fused-ring (bicyclic) bond motifs is 1. The summed E-state index contributed by atoms with van der Waals surface area (Å²) in [6.45, 7) is 4.86. The maximum atomic E-state index is 12.5. The van der Waals surface area contributed by atoms with Crippen LogP contribution in [0.15, 0.2) is 30.6 Å². The van der Waals surface area contributed by atoms with Crippen molar-refractivity contribution in [1.29, 1.82) is 0 Å². The Balaban J connectivity index is 1.16. The molecule has 0 spiro atoms. The van der Waals surface area contributed by atoms with E-state index in [4.69, 9.17) is 15.2 Å². The van der Waals surface area contributed by atoms with Crippen LogP contribution in [-0.4, -0.2) is 66.9 Å². The fourth-order valence-electron chi connectivity index (χ4n) is 4.44. The van der Waals surface area contributed by atoms with Crippen molar-refractivity contribution in [2.45, 2.75) is 64.5 Å². The molecule has 4 N–H and O–H groups in total. The van der Waals surface area contributed by atoms with Gasteiger partial charge in [0.05, 0.1) is 6.33 Å². The minimum Gasteiger partial charge on any atom is -0.410 e. The molecule has 210 valence electrons. The van der Waals surface area contributed by atoms with Crippen LogP contribution in [0.4, 0.5) is 10.6 Å². The van der Waals surface area contributed by atoms with Crippen LogP contribution in [0.5, 0.6) is 5.75 Å². The minimum absolute atomic E-state index is 0.108. The molecule has 1 saturated heterocycles. The summed E-state index contributed by atoms with van der Waals surface area (Å²) in [7, 11) is 0. The third-order valence-electron chi connectivity index (χ3n) is 7.00. The summed E-state index contributed by atoms with van der Waals surface area (Å²) in [6, 6.07) is 7.51. The van der Waals surface area contributed by atoms with Crippen LogP contribution in [0.3, 0.4) is 0 Å². The van der Waals surface area contributed by atoms with E-state index in [2.05, 4.69) is 32.1 Å². The number of piperidine rings is 1. The number of ether oxygens (including phenoxy) is 2. The van der Waals surface area contributed by atoms with Gasteiger partial charge in [-0.15, -0.1) is 0 Å². The molecule has 5 rings (SSSR count). The van der Waals surface area contributed by atoms with Crippen LogP contribution in [0.25, 0.3) is 11.2 Å². The molecule has 3 aromatic rings. The van der Waals surface area contributed by atoms with Gasteiger partial charge >= 0.3 is 6.09 Å². The average molecular weight is 548 g/mol. The number of likely N-dealkylation sites (tertiary alicyclic amines) is 1. The minimum atomic E-state index is -1.62. The van der Waals surface area contributed by atoms with Crippen LogP contribution < -0.4 is 15.8 Å². The van der Waals surface area contributed by atoms with Gasteiger partial charge in [-0.2, -0.15) is 0 Å². The third-order valence-corrected chi connectivity index (χ3v) is 7.00. The number of carbonyl (C=O) groups excluding carboxylic acids is 2. The van der Waals surface area contributed by atoms with E-state index in [0.717, 1.165) is 31.2 Å². The maximum absolute atomic E-state index is 12.5. The SMILES string of the molecule is Cc1ccc(OC(=O)N2CCC(CC#Cc3nc(N)c4ncn([C@@H](C)OC(O)C(=O)NC5CC5)c4n3)CC2)cc1. The molecule has 2 atom stereocenters. The summed E-state index contributed by atoms with van der Waals surface area (Å²) in [5.41, 5.74) is 7.98. The second-order valence-electron chi connectivity index (χ2n) is 10.2. The van der Waals surface area contributed by atoms with Gasteiger partial charge in [0.1, 0.15) is 17.5 Å². The second-order valence-corrected chi connectivity index (χ2v) is 10.2. The number of aromatic nitrogens is 4. The lowest BCUT2D eigenvalue weighted by Crippen LogP contribution is -2.40. The number of rotatable bonds is 7. The van der Waals surface area contributed by atoms with Crippen molar-refractivity contribution in [2.24, 2.45) is 5.92 Å². The smallest absolute Gasteiger partial charge is 0.410 e. The molecule has 1 aromatic carbocycles. The van der Waals surface area contributed by atoms with E-state index in [0.29, 0.717) is 42.3 Å². The molecule has 1 aliphatic carbocycles. The van der Waals surface area contributed by atoms with Gasteiger partial charge < -0.3 is 30.5 Å². The number of carbonyl (C=O) groups is 2. The number of nitrogens with zero attached hydrogens (tertiary/aromatic N) is 5. The first-order chi connectivity index (χ1) is 19.3. The van der Waals surface area contributed by atoms with Crippen LogP contribution in [0, 0.1) is 24.7 Å². The fraction of sp³-hybridized carbons (Fsp3) is 0.464. The van der Waals surface area contributed by atoms with E-state index in [-0.39, 0.29) is 23.8 Å². The molecule has 0 bridgehead atoms. The van der Waals surface area contributed by atoms with Crippen molar-refractivity contribution in [1.82, 2.24) is 29.7 Å². The highest BCUT2D eigenvalue weighted by atomic mass is 16.6. The van der Waals surface area contributed by atoms with E-state index >= 15 is 0 Å². The predicted molar refractivity (Wildman–Crippen MR) is 146 cm³/mol. The van der Waals surface area contributed by atoms with Crippen molar-refractivity contribution in [3.63, 3.8) is 0 Å². The molecular weight excluding hydrogens is 514 g/mol. The van der Waals surface area contributed by atoms with Crippen molar-refractivity contribution in [3.8, 4) is 17.6 Å². The Labute approximate surface area is 231 Å². The summed E-state index contributed by atoms with van der Waals surface area (Å²) in [5.74, 6) is 6.84. The van der Waals surface area contributed by atoms with E-state index in [1.165, 1.54) is 6.33 Å². The number of anilines is 1. The Hall–Kier alpha value is -4.21. The van der Waals surface area contributed by atoms with Crippen LogP contribution in [0.2, 0.25) is 0 Å². The van der Waals surface area contributed by atoms with Gasteiger partial charge in [0, 0.05) is 25.6 Å². The summed E-state index contributed by atoms with van der Waals surface area (Å²) >= 11 is 0. The number of hydrogen-bond donors (Lipinski definition) is 3. The number of amides is 2. The van der Waals surface area contributed by atoms with Crippen molar-refractivity contribution >= 4 is 29.0 Å². The highest BCUT2D eigenvalue weighted by Gasteiger charge is 2.28. The zero-order chi connectivity index (χ0) is 28.2. The fourth-order valence-corrected chi connectivity index (χ4v) is 4.44. The van der Waals surface area contributed by atoms with Crippen LogP contribution >= 0.6 is 0 Å². The third kappa shape index (κ3) is 6.67. The van der Waals surface area contributed by atoms with E-state index < -0.39 is 18.4 Å². The zero-order valence-corrected chi connectivity index (χ0v) is 22.5. The summed E-state index contributed by atoms with van der Waals surface area (Å²) < 4.78 is 12.5. The molecule has 1 unspecified atom stereocenters. The van der Waals surface area contributed by atoms with E-state index in [9.17, 15) is 14.7 Å². The normalized spacial score (nSPS) is 17.1. The number of hydrogen-bond acceptors (Lipinski definition) is 9. The summed E-state index contributed by atoms with van der Waals surface area (Å²) in [6.07, 6.45) is 2.84. The number of aliphatic hydroxyl groups is 1. The lowest BCUT2D eigenvalue weighted by Gasteiger charge is -2.30. The van der Waals surface area contributed by atoms with Gasteiger partial charge in [-0.3, -0.25) is 9.36 Å². The van der Waals surface area contributed by atoms with E-state index in [1.807, 2.05) is 19.1 Å². The lowest BCUT2D eigenvalue weighted by atomic mass is 9.94. The number of aryl methyl sites for hydroxylation is 1. The Bertz CT molecular complexity index is 1430. The van der Waals surface area contributed by atoms with Crippen LogP contribution in [-0.2, 0) is 9.53 Å². The molecule has 2 aromatic heterocycles. The molecule has 12 heteroatoms. The average Bonchev–Trinajstić information content (AvgIpc) is 3.65. The monoisotopic (exact) mass is 547 g/mol. The van der Waals surface area contributed by atoms with Gasteiger partial charge in [-0.25, -0.2) is 19.7 Å². The second kappa shape index (κ2) is 11.9. The first kappa shape index (κ1) is 27.4. The number of nitrogens with two attached hydrogens (primary N) is 1. The molecule has 2 fully saturated rings. The van der Waals surface area contributed by atoms with Gasteiger partial charge in [-0.1, -0.05) is 23.6 Å². The first-order valence-corrected chi connectivity index (χ1v) is 13.4. The number of aliphatic hydroxyl groups excluding tert-OH is 1. The highest BCUT2D eigenvalue weighted by molar-refractivity contribution is 5.82. The number of imidazole rings is 1. The molecule has 0 radical (unpaired) electrons. The Morgan fingerprint density at radius 3 is 2.60 bits per heavy atom. The molecule has 3 heterocycles. The molecule has 1 aliphatic heterocycles. The van der Waals surface area contributed by atoms with Gasteiger partial charge in [-0.05, 0) is 63.5 Å². The first-order valence-electron chi connectivity index (χ1n) is 13.4. The van der Waals surface area contributed by atoms with Crippen LogP contribution in [0.1, 0.15) is 56.6 Å². The number of benzene rings is 1. The topological polar surface area (TPSA) is 158 Å². The highest BCUT2D eigenvalue weighted by Crippen LogP contribution is 2.24. The van der Waals surface area contributed by atoms with E-state index in [1.54, 1.807) is 28.5 Å². The molecule has 12 nitrogen and oxygen atoms in total. The maximum Gasteiger partial charge on any atom is 0.415 e. The van der Waals surface area contributed by atoms with Crippen molar-refractivity contribution in [3.05, 3.63) is 42.0 Å². The summed E-state index contributed by atoms with van der Waals surface area (Å²) in [4.78, 5) is 39.3. The number of nitrogens with one attached hydrogen (secondary N) is 1. The predicted octanol–water partition coefficient (Wildman–Crippen LogP) is 2.50. The molecule has 40 heavy (non-hydrogen) atoms. The largest absolute Gasteiger partial charge is 0.415 e. The van der Waals surface area contributed by atoms with Crippen molar-refractivity contribution < 1.29 is 24.2 Å². The molecule has 1 saturated carbocycles. The number of nitrogen functional groups attached to an aromatic ring is 1. The van der Waals surface area contributed by atoms with Gasteiger partial charge in [0.15, 0.2) is 11.5 Å². The Kier molecular flexibility index (Phi) is 8.14. The molecular formula is C28H33N7O5.